The van der Waals surface area contributed by atoms with Gasteiger partial charge >= 0.3 is 0 Å². The SMILES string of the molecule is Cc1c(C(=O)N2CCC(O)C(C)C2)oc2ccc(F)cc12. The van der Waals surface area contributed by atoms with Crippen LogP contribution in [0.5, 0.6) is 0 Å². The summed E-state index contributed by atoms with van der Waals surface area (Å²) >= 11 is 0. The molecule has 0 spiro atoms. The molecule has 2 atom stereocenters. The summed E-state index contributed by atoms with van der Waals surface area (Å²) < 4.78 is 18.9. The Hall–Kier alpha value is -1.88. The van der Waals surface area contributed by atoms with Crippen LogP contribution in [0, 0.1) is 18.7 Å². The van der Waals surface area contributed by atoms with Crippen molar-refractivity contribution in [2.75, 3.05) is 13.1 Å². The van der Waals surface area contributed by atoms with Crippen molar-refractivity contribution in [3.05, 3.63) is 35.3 Å². The lowest BCUT2D eigenvalue weighted by Crippen LogP contribution is -2.45. The third-order valence-corrected chi connectivity index (χ3v) is 4.24. The van der Waals surface area contributed by atoms with E-state index in [1.165, 1.54) is 18.2 Å². The molecule has 1 aliphatic rings. The van der Waals surface area contributed by atoms with Gasteiger partial charge in [-0.05, 0) is 37.5 Å². The number of fused-ring (bicyclic) bond motifs is 1. The highest BCUT2D eigenvalue weighted by molar-refractivity contribution is 5.99. The Morgan fingerprint density at radius 3 is 2.95 bits per heavy atom. The van der Waals surface area contributed by atoms with Gasteiger partial charge < -0.3 is 14.4 Å². The molecule has 1 saturated heterocycles. The van der Waals surface area contributed by atoms with Crippen LogP contribution in [0.3, 0.4) is 0 Å². The van der Waals surface area contributed by atoms with E-state index < -0.39 is 0 Å². The highest BCUT2D eigenvalue weighted by Gasteiger charge is 2.30. The van der Waals surface area contributed by atoms with Crippen LogP contribution in [-0.2, 0) is 0 Å². The molecule has 2 aromatic rings. The van der Waals surface area contributed by atoms with E-state index in [0.29, 0.717) is 36.0 Å². The molecule has 1 aliphatic heterocycles. The average Bonchev–Trinajstić information content (AvgIpc) is 2.78. The zero-order chi connectivity index (χ0) is 15.1. The van der Waals surface area contributed by atoms with E-state index in [1.807, 2.05) is 6.92 Å². The van der Waals surface area contributed by atoms with Crippen LogP contribution in [0.15, 0.2) is 22.6 Å². The number of carbonyl (C=O) groups excluding carboxylic acids is 1. The summed E-state index contributed by atoms with van der Waals surface area (Å²) in [6, 6.07) is 4.24. The molecule has 0 saturated carbocycles. The van der Waals surface area contributed by atoms with Crippen molar-refractivity contribution in [3.8, 4) is 0 Å². The molecular weight excluding hydrogens is 273 g/mol. The average molecular weight is 291 g/mol. The summed E-state index contributed by atoms with van der Waals surface area (Å²) in [6.45, 7) is 4.70. The van der Waals surface area contributed by atoms with Crippen LogP contribution in [0.1, 0.15) is 29.5 Å². The predicted molar refractivity (Wildman–Crippen MR) is 76.6 cm³/mol. The van der Waals surface area contributed by atoms with Gasteiger partial charge in [0.1, 0.15) is 11.4 Å². The molecule has 21 heavy (non-hydrogen) atoms. The van der Waals surface area contributed by atoms with Gasteiger partial charge in [-0.1, -0.05) is 6.92 Å². The van der Waals surface area contributed by atoms with Gasteiger partial charge in [-0.25, -0.2) is 4.39 Å². The molecule has 0 bridgehead atoms. The Labute approximate surface area is 122 Å². The molecule has 3 rings (SSSR count). The minimum atomic E-state index is -0.361. The highest BCUT2D eigenvalue weighted by atomic mass is 19.1. The van der Waals surface area contributed by atoms with Crippen LogP contribution < -0.4 is 0 Å². The zero-order valence-corrected chi connectivity index (χ0v) is 12.1. The van der Waals surface area contributed by atoms with Crippen LogP contribution in [0.4, 0.5) is 4.39 Å². The van der Waals surface area contributed by atoms with Crippen LogP contribution in [0.2, 0.25) is 0 Å². The van der Waals surface area contributed by atoms with Gasteiger partial charge in [-0.2, -0.15) is 0 Å². The number of likely N-dealkylation sites (tertiary alicyclic amines) is 1. The number of furan rings is 1. The Kier molecular flexibility index (Phi) is 3.45. The third-order valence-electron chi connectivity index (χ3n) is 4.24. The first-order valence-electron chi connectivity index (χ1n) is 7.13. The number of aliphatic hydroxyl groups is 1. The quantitative estimate of drug-likeness (QED) is 0.879. The Balaban J connectivity index is 1.93. The van der Waals surface area contributed by atoms with Crippen LogP contribution >= 0.6 is 0 Å². The summed E-state index contributed by atoms with van der Waals surface area (Å²) in [6.07, 6.45) is 0.209. The van der Waals surface area contributed by atoms with E-state index in [2.05, 4.69) is 0 Å². The molecule has 5 heteroatoms. The van der Waals surface area contributed by atoms with Crippen molar-refractivity contribution in [2.24, 2.45) is 5.92 Å². The second-order valence-electron chi connectivity index (χ2n) is 5.78. The number of aliphatic hydroxyl groups excluding tert-OH is 1. The molecule has 1 amide bonds. The first-order valence-corrected chi connectivity index (χ1v) is 7.13. The van der Waals surface area contributed by atoms with Gasteiger partial charge in [0.25, 0.3) is 5.91 Å². The lowest BCUT2D eigenvalue weighted by Gasteiger charge is -2.33. The molecule has 2 unspecified atom stereocenters. The van der Waals surface area contributed by atoms with E-state index in [9.17, 15) is 14.3 Å². The van der Waals surface area contributed by atoms with Gasteiger partial charge in [-0.15, -0.1) is 0 Å². The molecule has 1 fully saturated rings. The predicted octanol–water partition coefficient (Wildman–Crippen LogP) is 2.72. The molecule has 0 aliphatic carbocycles. The molecular formula is C16H18FNO3. The minimum absolute atomic E-state index is 0.0461. The molecule has 2 heterocycles. The standard InChI is InChI=1S/C16H18FNO3/c1-9-8-18(6-5-13(9)19)16(20)15-10(2)12-7-11(17)3-4-14(12)21-15/h3-4,7,9,13,19H,5-6,8H2,1-2H3. The van der Waals surface area contributed by atoms with E-state index in [4.69, 9.17) is 4.42 Å². The highest BCUT2D eigenvalue weighted by Crippen LogP contribution is 2.28. The van der Waals surface area contributed by atoms with Crippen molar-refractivity contribution in [2.45, 2.75) is 26.4 Å². The first kappa shape index (κ1) is 14.1. The summed E-state index contributed by atoms with van der Waals surface area (Å²) in [7, 11) is 0. The summed E-state index contributed by atoms with van der Waals surface area (Å²) in [5.41, 5.74) is 1.18. The third kappa shape index (κ3) is 2.42. The summed E-state index contributed by atoms with van der Waals surface area (Å²) in [5, 5.41) is 10.4. The van der Waals surface area contributed by atoms with Crippen molar-refractivity contribution in [1.82, 2.24) is 4.90 Å². The maximum absolute atomic E-state index is 13.3. The lowest BCUT2D eigenvalue weighted by atomic mass is 9.96. The van der Waals surface area contributed by atoms with E-state index >= 15 is 0 Å². The summed E-state index contributed by atoms with van der Waals surface area (Å²) in [5.74, 6) is -0.230. The van der Waals surface area contributed by atoms with Gasteiger partial charge in [0.2, 0.25) is 0 Å². The van der Waals surface area contributed by atoms with Crippen LogP contribution in [-0.4, -0.2) is 35.1 Å². The maximum atomic E-state index is 13.3. The Morgan fingerprint density at radius 2 is 2.24 bits per heavy atom. The molecule has 4 nitrogen and oxygen atoms in total. The first-order chi connectivity index (χ1) is 9.97. The number of piperidine rings is 1. The molecule has 1 aromatic heterocycles. The number of nitrogens with zero attached hydrogens (tertiary/aromatic N) is 1. The zero-order valence-electron chi connectivity index (χ0n) is 12.1. The normalized spacial score (nSPS) is 22.8. The van der Waals surface area contributed by atoms with Crippen molar-refractivity contribution in [3.63, 3.8) is 0 Å². The second-order valence-corrected chi connectivity index (χ2v) is 5.78. The van der Waals surface area contributed by atoms with E-state index in [1.54, 1.807) is 11.8 Å². The van der Waals surface area contributed by atoms with Gasteiger partial charge in [0.15, 0.2) is 5.76 Å². The fraction of sp³-hybridized carbons (Fsp3) is 0.438. The fourth-order valence-electron chi connectivity index (χ4n) is 2.86. The fourth-order valence-corrected chi connectivity index (χ4v) is 2.86. The van der Waals surface area contributed by atoms with E-state index in [0.717, 1.165) is 0 Å². The Bertz CT molecular complexity index is 694. The van der Waals surface area contributed by atoms with Gasteiger partial charge in [0.05, 0.1) is 6.10 Å². The van der Waals surface area contributed by atoms with Crippen molar-refractivity contribution in [1.29, 1.82) is 0 Å². The number of rotatable bonds is 1. The number of hydrogen-bond donors (Lipinski definition) is 1. The monoisotopic (exact) mass is 291 g/mol. The number of benzene rings is 1. The second kappa shape index (κ2) is 5.15. The van der Waals surface area contributed by atoms with Crippen molar-refractivity contribution < 1.29 is 18.7 Å². The molecule has 1 N–H and O–H groups in total. The van der Waals surface area contributed by atoms with Crippen LogP contribution in [0.25, 0.3) is 11.0 Å². The number of hydrogen-bond acceptors (Lipinski definition) is 3. The largest absolute Gasteiger partial charge is 0.451 e. The number of aryl methyl sites for hydroxylation is 1. The topological polar surface area (TPSA) is 53.7 Å². The maximum Gasteiger partial charge on any atom is 0.289 e. The lowest BCUT2D eigenvalue weighted by molar-refractivity contribution is 0.0280. The van der Waals surface area contributed by atoms with Gasteiger partial charge in [-0.3, -0.25) is 4.79 Å². The number of amides is 1. The molecule has 1 aromatic carbocycles. The van der Waals surface area contributed by atoms with Crippen molar-refractivity contribution >= 4 is 16.9 Å². The number of carbonyl (C=O) groups is 1. The number of halogens is 1. The Morgan fingerprint density at radius 1 is 1.48 bits per heavy atom. The van der Waals surface area contributed by atoms with E-state index in [-0.39, 0.29) is 29.5 Å². The smallest absolute Gasteiger partial charge is 0.289 e. The van der Waals surface area contributed by atoms with Gasteiger partial charge in [0, 0.05) is 24.0 Å². The molecule has 0 radical (unpaired) electrons. The summed E-state index contributed by atoms with van der Waals surface area (Å²) in [4.78, 5) is 14.3. The minimum Gasteiger partial charge on any atom is -0.451 e. The molecule has 112 valence electrons.